The van der Waals surface area contributed by atoms with Gasteiger partial charge in [0.15, 0.2) is 0 Å². The summed E-state index contributed by atoms with van der Waals surface area (Å²) in [6.45, 7) is 18.1. The van der Waals surface area contributed by atoms with Gasteiger partial charge in [-0.1, -0.05) is 76.9 Å². The van der Waals surface area contributed by atoms with Crippen LogP contribution in [0.3, 0.4) is 0 Å². The molecule has 0 N–H and O–H groups in total. The normalized spacial score (nSPS) is 13.8. The molecule has 0 heterocycles. The molecule has 0 bridgehead atoms. The molecule has 5 aromatic carbocycles. The maximum Gasteiger partial charge on any atom is -0.172 e. The summed E-state index contributed by atoms with van der Waals surface area (Å²) >= 11 is 1.61. The fraction of sp³-hybridized carbons (Fsp3) is 0.375. The van der Waals surface area contributed by atoms with Crippen LogP contribution in [-0.2, 0) is 35.1 Å². The Labute approximate surface area is 264 Å². The van der Waals surface area contributed by atoms with Crippen molar-refractivity contribution in [3.05, 3.63) is 119 Å². The molecule has 1 fully saturated rings. The Morgan fingerprint density at radius 1 is 0.732 bits per heavy atom. The quantitative estimate of drug-likeness (QED) is 0.176. The van der Waals surface area contributed by atoms with E-state index in [-0.39, 0.29) is 10.8 Å². The summed E-state index contributed by atoms with van der Waals surface area (Å²) in [6.07, 6.45) is 4.28. The third kappa shape index (κ3) is 8.14. The summed E-state index contributed by atoms with van der Waals surface area (Å²) in [5.41, 5.74) is 6.16. The van der Waals surface area contributed by atoms with Crippen LogP contribution >= 0.6 is 0 Å². The largest absolute Gasteiger partial charge is 0.214 e. The monoisotopic (exact) mass is 618 g/mol. The van der Waals surface area contributed by atoms with Crippen molar-refractivity contribution in [2.75, 3.05) is 0 Å². The van der Waals surface area contributed by atoms with E-state index in [1.165, 1.54) is 63.1 Å². The Hall–Kier alpha value is -2.37. The van der Waals surface area contributed by atoms with Crippen LogP contribution in [0, 0.1) is 5.92 Å². The first kappa shape index (κ1) is 31.6. The zero-order valence-electron chi connectivity index (χ0n) is 26.5. The molecule has 6 rings (SSSR count). The number of fused-ring (bicyclic) bond motifs is 3. The second kappa shape index (κ2) is 13.3. The van der Waals surface area contributed by atoms with Gasteiger partial charge >= 0.3 is 108 Å². The van der Waals surface area contributed by atoms with Crippen molar-refractivity contribution >= 4 is 24.8 Å². The first-order valence-electron chi connectivity index (χ1n) is 15.3. The molecular weight excluding hydrogens is 572 g/mol. The fourth-order valence-corrected chi connectivity index (χ4v) is 6.38. The van der Waals surface area contributed by atoms with Gasteiger partial charge in [-0.15, -0.1) is 39.7 Å². The minimum absolute atomic E-state index is 0.203. The van der Waals surface area contributed by atoms with Gasteiger partial charge in [0.1, 0.15) is 0 Å². The molecule has 0 atom stereocenters. The van der Waals surface area contributed by atoms with E-state index in [0.29, 0.717) is 5.92 Å². The van der Waals surface area contributed by atoms with Gasteiger partial charge in [0.25, 0.3) is 0 Å². The molecule has 1 heteroatoms. The van der Waals surface area contributed by atoms with Crippen molar-refractivity contribution in [1.29, 1.82) is 0 Å². The second-order valence-electron chi connectivity index (χ2n) is 14.0. The molecule has 0 unspecified atom stereocenters. The van der Waals surface area contributed by atoms with Gasteiger partial charge < -0.3 is 0 Å². The molecule has 1 aliphatic rings. The first-order valence-corrected chi connectivity index (χ1v) is 16.6. The Morgan fingerprint density at radius 2 is 1.22 bits per heavy atom. The molecule has 0 saturated heterocycles. The van der Waals surface area contributed by atoms with Crippen molar-refractivity contribution in [2.24, 2.45) is 5.92 Å². The van der Waals surface area contributed by atoms with Gasteiger partial charge in [-0.25, -0.2) is 12.1 Å². The third-order valence-electron chi connectivity index (χ3n) is 8.39. The standard InChI is InChI=1S/C21H25.C14H18.C5H5.Zr/c1-20(2,3)16-7-9-18-14(12-16)11-15-13-17(21(4,5)6)8-10-19(15)18;1-11(2)14-8-6-13(7-9-14)10-12-4-3-5-12;1-2-4-5-3-1;/h7-13H,1-6H3;6-9,11-12H,3-5H2,1-2H3;1-5H;/q-1;;-1;+2. The van der Waals surface area contributed by atoms with Gasteiger partial charge in [0.05, 0.1) is 0 Å². The van der Waals surface area contributed by atoms with Crippen LogP contribution in [0.4, 0.5) is 0 Å². The molecule has 0 spiro atoms. The molecule has 0 aliphatic heterocycles. The smallest absolute Gasteiger partial charge is 0.172 e. The first-order chi connectivity index (χ1) is 19.3. The molecule has 0 radical (unpaired) electrons. The Morgan fingerprint density at radius 3 is 1.56 bits per heavy atom. The van der Waals surface area contributed by atoms with Crippen LogP contribution in [0.25, 0.3) is 21.5 Å². The minimum Gasteiger partial charge on any atom is -0.214 e. The zero-order chi connectivity index (χ0) is 29.8. The molecular formula is C40H48Zr. The molecule has 1 saturated carbocycles. The van der Waals surface area contributed by atoms with E-state index >= 15 is 0 Å². The molecule has 0 aromatic heterocycles. The number of rotatable bonds is 3. The van der Waals surface area contributed by atoms with Gasteiger partial charge in [-0.2, -0.15) is 18.2 Å². The summed E-state index contributed by atoms with van der Waals surface area (Å²) in [7, 11) is 0. The van der Waals surface area contributed by atoms with Gasteiger partial charge in [0.2, 0.25) is 0 Å². The Balaban J connectivity index is 0.000000168. The molecule has 1 aliphatic carbocycles. The number of hydrogen-bond donors (Lipinski definition) is 0. The SMILES string of the molecule is CC(C)(C)c1ccc2c(c1)[cH-]c1cc(C(C)(C)C)ccc12.CC(C)c1ccc([C](=[Zr+2])C2CCC2)cc1.c1cc[cH-]c1. The zero-order valence-corrected chi connectivity index (χ0v) is 29.0. The molecule has 5 aromatic rings. The third-order valence-corrected chi connectivity index (χ3v) is 10.1. The van der Waals surface area contributed by atoms with Crippen LogP contribution in [0.1, 0.15) is 103 Å². The van der Waals surface area contributed by atoms with Crippen molar-refractivity contribution in [3.63, 3.8) is 0 Å². The molecule has 0 amide bonds. The minimum atomic E-state index is 0.203. The summed E-state index contributed by atoms with van der Waals surface area (Å²) in [4.78, 5) is 0. The molecule has 41 heavy (non-hydrogen) atoms. The number of hydrogen-bond acceptors (Lipinski definition) is 0. The summed E-state index contributed by atoms with van der Waals surface area (Å²) in [5.74, 6) is 1.56. The fourth-order valence-electron chi connectivity index (χ4n) is 5.26. The molecule has 212 valence electrons. The van der Waals surface area contributed by atoms with Gasteiger partial charge in [-0.3, -0.25) is 0 Å². The number of benzene rings is 3. The van der Waals surface area contributed by atoms with Crippen molar-refractivity contribution in [3.8, 4) is 0 Å². The van der Waals surface area contributed by atoms with Crippen LogP contribution in [0.2, 0.25) is 0 Å². The van der Waals surface area contributed by atoms with Crippen molar-refractivity contribution in [2.45, 2.75) is 91.4 Å². The Bertz CT molecular complexity index is 1450. The maximum atomic E-state index is 2.35. The van der Waals surface area contributed by atoms with E-state index in [1.54, 1.807) is 27.4 Å². The van der Waals surface area contributed by atoms with E-state index in [0.717, 1.165) is 5.92 Å². The van der Waals surface area contributed by atoms with Crippen LogP contribution < -0.4 is 0 Å². The summed E-state index contributed by atoms with van der Waals surface area (Å²) in [6, 6.07) is 35.4. The van der Waals surface area contributed by atoms with Crippen molar-refractivity contribution < 1.29 is 24.2 Å². The van der Waals surface area contributed by atoms with E-state index in [2.05, 4.69) is 122 Å². The van der Waals surface area contributed by atoms with E-state index in [9.17, 15) is 0 Å². The molecule has 0 nitrogen and oxygen atoms in total. The van der Waals surface area contributed by atoms with Gasteiger partial charge in [-0.05, 0) is 10.8 Å². The average Bonchev–Trinajstić information content (AvgIpc) is 3.58. The summed E-state index contributed by atoms with van der Waals surface area (Å²) in [5, 5.41) is 5.48. The van der Waals surface area contributed by atoms with Crippen LogP contribution in [0.15, 0.2) is 97.1 Å². The Kier molecular flexibility index (Phi) is 10.2. The topological polar surface area (TPSA) is 0 Å². The summed E-state index contributed by atoms with van der Waals surface area (Å²) < 4.78 is 1.68. The van der Waals surface area contributed by atoms with Crippen LogP contribution in [0.5, 0.6) is 0 Å². The average molecular weight is 620 g/mol. The van der Waals surface area contributed by atoms with E-state index in [1.807, 2.05) is 30.3 Å². The van der Waals surface area contributed by atoms with Crippen LogP contribution in [-0.4, -0.2) is 3.21 Å². The van der Waals surface area contributed by atoms with Gasteiger partial charge in [0, 0.05) is 0 Å². The van der Waals surface area contributed by atoms with E-state index < -0.39 is 0 Å². The van der Waals surface area contributed by atoms with E-state index in [4.69, 9.17) is 0 Å². The maximum absolute atomic E-state index is 2.35. The van der Waals surface area contributed by atoms with Crippen molar-refractivity contribution in [1.82, 2.24) is 0 Å². The predicted octanol–water partition coefficient (Wildman–Crippen LogP) is 11.4. The predicted molar refractivity (Wildman–Crippen MR) is 178 cm³/mol. The second-order valence-corrected chi connectivity index (χ2v) is 15.4.